The number of hydrazine groups is 1. The molecule has 0 atom stereocenters. The van der Waals surface area contributed by atoms with Crippen molar-refractivity contribution in [2.75, 3.05) is 5.32 Å². The van der Waals surface area contributed by atoms with Gasteiger partial charge in [-0.3, -0.25) is 15.6 Å². The van der Waals surface area contributed by atoms with E-state index in [4.69, 9.17) is 12.2 Å². The molecule has 3 N–H and O–H groups in total. The van der Waals surface area contributed by atoms with E-state index in [1.807, 2.05) is 19.9 Å². The lowest BCUT2D eigenvalue weighted by Crippen LogP contribution is -2.44. The molecular formula is C17H21FN4OS. The highest BCUT2D eigenvalue weighted by Crippen LogP contribution is 2.19. The maximum absolute atomic E-state index is 13.5. The molecule has 5 nitrogen and oxygen atoms in total. The number of rotatable bonds is 3. The number of thiocarbonyl (C=S) groups is 1. The van der Waals surface area contributed by atoms with E-state index in [2.05, 4.69) is 34.6 Å². The Morgan fingerprint density at radius 2 is 1.88 bits per heavy atom. The number of anilines is 1. The Morgan fingerprint density at radius 3 is 2.46 bits per heavy atom. The molecular weight excluding hydrogens is 327 g/mol. The number of carbonyl (C=O) groups is 1. The summed E-state index contributed by atoms with van der Waals surface area (Å²) in [6.45, 7) is 7.99. The molecule has 0 saturated heterocycles. The van der Waals surface area contributed by atoms with E-state index in [1.54, 1.807) is 18.2 Å². The predicted octanol–water partition coefficient (Wildman–Crippen LogP) is 3.46. The monoisotopic (exact) mass is 348 g/mol. The van der Waals surface area contributed by atoms with Crippen molar-refractivity contribution in [2.24, 2.45) is 0 Å². The van der Waals surface area contributed by atoms with E-state index in [0.717, 1.165) is 11.4 Å². The number of nitrogens with one attached hydrogen (secondary N) is 3. The topological polar surface area (TPSA) is 58.1 Å². The van der Waals surface area contributed by atoms with E-state index in [-0.39, 0.29) is 22.7 Å². The largest absolute Gasteiger partial charge is 0.346 e. The van der Waals surface area contributed by atoms with Gasteiger partial charge in [-0.1, -0.05) is 12.1 Å². The Morgan fingerprint density at radius 1 is 1.21 bits per heavy atom. The highest BCUT2D eigenvalue weighted by Gasteiger charge is 2.17. The average Bonchev–Trinajstić information content (AvgIpc) is 2.82. The van der Waals surface area contributed by atoms with Gasteiger partial charge in [-0.25, -0.2) is 4.39 Å². The van der Waals surface area contributed by atoms with Crippen LogP contribution in [-0.2, 0) is 0 Å². The molecule has 7 heteroatoms. The second-order valence-electron chi connectivity index (χ2n) is 5.76. The zero-order valence-corrected chi connectivity index (χ0v) is 14.9. The first-order valence-corrected chi connectivity index (χ1v) is 8.02. The van der Waals surface area contributed by atoms with E-state index < -0.39 is 5.82 Å². The molecule has 0 spiro atoms. The van der Waals surface area contributed by atoms with Gasteiger partial charge in [0.05, 0.1) is 11.3 Å². The minimum Gasteiger partial charge on any atom is -0.346 e. The predicted molar refractivity (Wildman–Crippen MR) is 97.5 cm³/mol. The molecule has 24 heavy (non-hydrogen) atoms. The lowest BCUT2D eigenvalue weighted by molar-refractivity contribution is 0.0943. The van der Waals surface area contributed by atoms with Crippen molar-refractivity contribution >= 4 is 28.9 Å². The van der Waals surface area contributed by atoms with Crippen LogP contribution in [0.4, 0.5) is 10.1 Å². The third-order valence-corrected chi connectivity index (χ3v) is 3.86. The average molecular weight is 348 g/mol. The molecule has 1 amide bonds. The number of halogens is 1. The number of para-hydroxylation sites is 1. The maximum atomic E-state index is 13.5. The molecule has 1 aromatic heterocycles. The number of aryl methyl sites for hydroxylation is 1. The van der Waals surface area contributed by atoms with Crippen LogP contribution >= 0.6 is 12.2 Å². The maximum Gasteiger partial charge on any atom is 0.271 e. The van der Waals surface area contributed by atoms with Crippen molar-refractivity contribution < 1.29 is 9.18 Å². The number of nitrogens with zero attached hydrogens (tertiary/aromatic N) is 1. The number of hydrogen-bond donors (Lipinski definition) is 3. The number of carbonyl (C=O) groups excluding carboxylic acids is 1. The minimum absolute atomic E-state index is 0.103. The van der Waals surface area contributed by atoms with Crippen molar-refractivity contribution in [2.45, 2.75) is 33.7 Å². The van der Waals surface area contributed by atoms with E-state index in [1.165, 1.54) is 6.07 Å². The standard InChI is InChI=1S/C17H21FN4OS/c1-10(2)22-11(3)9-13(12(22)4)16(23)20-21-17(24)19-15-8-6-5-7-14(15)18/h5-10H,1-4H3,(H,20,23)(H2,19,21,24). The molecule has 0 saturated carbocycles. The van der Waals surface area contributed by atoms with Gasteiger partial charge in [0.15, 0.2) is 5.11 Å². The highest BCUT2D eigenvalue weighted by atomic mass is 32.1. The van der Waals surface area contributed by atoms with Gasteiger partial charge in [0.2, 0.25) is 0 Å². The summed E-state index contributed by atoms with van der Waals surface area (Å²) >= 11 is 5.06. The Bertz CT molecular complexity index is 770. The van der Waals surface area contributed by atoms with Gasteiger partial charge >= 0.3 is 0 Å². The van der Waals surface area contributed by atoms with Crippen molar-refractivity contribution in [1.29, 1.82) is 0 Å². The second-order valence-corrected chi connectivity index (χ2v) is 6.17. The lowest BCUT2D eigenvalue weighted by Gasteiger charge is -2.14. The fourth-order valence-corrected chi connectivity index (χ4v) is 2.86. The van der Waals surface area contributed by atoms with Gasteiger partial charge in [-0.2, -0.15) is 0 Å². The molecule has 0 fully saturated rings. The number of benzene rings is 1. The Kier molecular flexibility index (Phi) is 5.56. The normalized spacial score (nSPS) is 10.6. The molecule has 0 aliphatic carbocycles. The van der Waals surface area contributed by atoms with E-state index in [9.17, 15) is 9.18 Å². The smallest absolute Gasteiger partial charge is 0.271 e. The molecule has 128 valence electrons. The van der Waals surface area contributed by atoms with E-state index >= 15 is 0 Å². The number of aromatic nitrogens is 1. The second kappa shape index (κ2) is 7.44. The van der Waals surface area contributed by atoms with Crippen LogP contribution in [0.1, 0.15) is 41.6 Å². The van der Waals surface area contributed by atoms with Crippen molar-refractivity contribution in [3.05, 3.63) is 53.1 Å². The van der Waals surface area contributed by atoms with Crippen molar-refractivity contribution in [3.8, 4) is 0 Å². The summed E-state index contributed by atoms with van der Waals surface area (Å²) in [5.41, 5.74) is 7.82. The SMILES string of the molecule is Cc1cc(C(=O)NNC(=S)Nc2ccccc2F)c(C)n1C(C)C. The summed E-state index contributed by atoms with van der Waals surface area (Å²) in [6.07, 6.45) is 0. The Hall–Kier alpha value is -2.41. The number of hydrogen-bond acceptors (Lipinski definition) is 2. The molecule has 0 aliphatic rings. The first-order valence-electron chi connectivity index (χ1n) is 7.61. The van der Waals surface area contributed by atoms with Crippen LogP contribution in [-0.4, -0.2) is 15.6 Å². The van der Waals surface area contributed by atoms with Gasteiger partial charge in [0, 0.05) is 17.4 Å². The zero-order valence-electron chi connectivity index (χ0n) is 14.1. The molecule has 0 unspecified atom stereocenters. The van der Waals surface area contributed by atoms with Crippen LogP contribution in [0.3, 0.4) is 0 Å². The molecule has 0 radical (unpaired) electrons. The summed E-state index contributed by atoms with van der Waals surface area (Å²) < 4.78 is 15.6. The molecule has 1 aromatic carbocycles. The summed E-state index contributed by atoms with van der Waals surface area (Å²) in [7, 11) is 0. The molecule has 2 aromatic rings. The van der Waals surface area contributed by atoms with Gasteiger partial charge in [0.1, 0.15) is 5.82 Å². The van der Waals surface area contributed by atoms with Crippen LogP contribution in [0.25, 0.3) is 0 Å². The third-order valence-electron chi connectivity index (χ3n) is 3.66. The van der Waals surface area contributed by atoms with Crippen LogP contribution in [0.5, 0.6) is 0 Å². The molecule has 1 heterocycles. The molecule has 0 bridgehead atoms. The first-order chi connectivity index (χ1) is 11.3. The molecule has 2 rings (SSSR count). The van der Waals surface area contributed by atoms with Crippen molar-refractivity contribution in [3.63, 3.8) is 0 Å². The van der Waals surface area contributed by atoms with Crippen LogP contribution in [0.2, 0.25) is 0 Å². The Balaban J connectivity index is 2.00. The fourth-order valence-electron chi connectivity index (χ4n) is 2.70. The first kappa shape index (κ1) is 17.9. The Labute approximate surface area is 146 Å². The van der Waals surface area contributed by atoms with Crippen LogP contribution in [0.15, 0.2) is 30.3 Å². The van der Waals surface area contributed by atoms with Crippen LogP contribution < -0.4 is 16.2 Å². The van der Waals surface area contributed by atoms with Gasteiger partial charge < -0.3 is 9.88 Å². The zero-order chi connectivity index (χ0) is 17.9. The molecule has 0 aliphatic heterocycles. The van der Waals surface area contributed by atoms with Gasteiger partial charge in [-0.15, -0.1) is 0 Å². The quantitative estimate of drug-likeness (QED) is 0.587. The highest BCUT2D eigenvalue weighted by molar-refractivity contribution is 7.80. The van der Waals surface area contributed by atoms with Gasteiger partial charge in [-0.05, 0) is 58.1 Å². The third kappa shape index (κ3) is 3.91. The van der Waals surface area contributed by atoms with Crippen LogP contribution in [0, 0.1) is 19.7 Å². The lowest BCUT2D eigenvalue weighted by atomic mass is 10.2. The van der Waals surface area contributed by atoms with Gasteiger partial charge in [0.25, 0.3) is 5.91 Å². The summed E-state index contributed by atoms with van der Waals surface area (Å²) in [5, 5.41) is 2.79. The summed E-state index contributed by atoms with van der Waals surface area (Å²) in [5.74, 6) is -0.721. The minimum atomic E-state index is -0.423. The fraction of sp³-hybridized carbons (Fsp3) is 0.294. The number of amides is 1. The van der Waals surface area contributed by atoms with E-state index in [0.29, 0.717) is 5.56 Å². The summed E-state index contributed by atoms with van der Waals surface area (Å²) in [6, 6.07) is 8.26. The summed E-state index contributed by atoms with van der Waals surface area (Å²) in [4.78, 5) is 12.3. The van der Waals surface area contributed by atoms with Crippen molar-refractivity contribution in [1.82, 2.24) is 15.4 Å².